The standard InChI is InChI=1S/C21H23N3O5/c1-12-15(13(2)23-21(27)16(12)11-22)9-10-19(25)29-14(3)20(26)24-17-7-5-6-8-18(17)28-4/h5-8,14H,9-10H2,1-4H3,(H,23,27)(H,24,26)/t14-/m1/s1. The number of nitriles is 1. The minimum absolute atomic E-state index is 0.00483. The van der Waals surface area contributed by atoms with Crippen molar-refractivity contribution in [1.82, 2.24) is 4.98 Å². The van der Waals surface area contributed by atoms with E-state index in [0.717, 1.165) is 0 Å². The van der Waals surface area contributed by atoms with Crippen molar-refractivity contribution in [3.05, 3.63) is 57.0 Å². The third-order valence-corrected chi connectivity index (χ3v) is 4.54. The molecule has 1 amide bonds. The molecule has 0 fully saturated rings. The molecule has 0 spiro atoms. The molecule has 1 atom stereocenters. The monoisotopic (exact) mass is 397 g/mol. The Labute approximate surface area is 168 Å². The molecular weight excluding hydrogens is 374 g/mol. The summed E-state index contributed by atoms with van der Waals surface area (Å²) < 4.78 is 10.4. The van der Waals surface area contributed by atoms with Gasteiger partial charge in [0.1, 0.15) is 17.4 Å². The zero-order chi connectivity index (χ0) is 21.6. The van der Waals surface area contributed by atoms with Crippen molar-refractivity contribution in [2.24, 2.45) is 0 Å². The first kappa shape index (κ1) is 21.7. The second-order valence-corrected chi connectivity index (χ2v) is 6.49. The van der Waals surface area contributed by atoms with E-state index in [1.807, 2.05) is 6.07 Å². The second kappa shape index (κ2) is 9.55. The largest absolute Gasteiger partial charge is 0.495 e. The number of rotatable bonds is 7. The lowest BCUT2D eigenvalue weighted by Crippen LogP contribution is -2.30. The van der Waals surface area contributed by atoms with Gasteiger partial charge in [-0.3, -0.25) is 14.4 Å². The van der Waals surface area contributed by atoms with Gasteiger partial charge in [-0.15, -0.1) is 0 Å². The first-order valence-corrected chi connectivity index (χ1v) is 9.04. The number of aryl methyl sites for hydroxylation is 1. The number of ether oxygens (including phenoxy) is 2. The number of hydrogen-bond acceptors (Lipinski definition) is 6. The zero-order valence-corrected chi connectivity index (χ0v) is 16.8. The summed E-state index contributed by atoms with van der Waals surface area (Å²) in [7, 11) is 1.49. The maximum atomic E-state index is 12.3. The number of carbonyl (C=O) groups excluding carboxylic acids is 2. The van der Waals surface area contributed by atoms with E-state index in [-0.39, 0.29) is 18.4 Å². The van der Waals surface area contributed by atoms with Gasteiger partial charge in [-0.2, -0.15) is 5.26 Å². The van der Waals surface area contributed by atoms with Gasteiger partial charge in [-0.1, -0.05) is 12.1 Å². The van der Waals surface area contributed by atoms with Gasteiger partial charge in [0.15, 0.2) is 6.10 Å². The van der Waals surface area contributed by atoms with Gasteiger partial charge in [0.2, 0.25) is 0 Å². The Hall–Kier alpha value is -3.60. The minimum Gasteiger partial charge on any atom is -0.495 e. The average molecular weight is 397 g/mol. The van der Waals surface area contributed by atoms with Crippen molar-refractivity contribution in [2.75, 3.05) is 12.4 Å². The number of para-hydroxylation sites is 2. The van der Waals surface area contributed by atoms with Crippen LogP contribution in [0.3, 0.4) is 0 Å². The quantitative estimate of drug-likeness (QED) is 0.692. The molecule has 0 saturated heterocycles. The van der Waals surface area contributed by atoms with E-state index in [1.165, 1.54) is 14.0 Å². The normalized spacial score (nSPS) is 11.3. The van der Waals surface area contributed by atoms with Crippen molar-refractivity contribution >= 4 is 17.6 Å². The van der Waals surface area contributed by atoms with Crippen LogP contribution in [0.5, 0.6) is 5.75 Å². The van der Waals surface area contributed by atoms with E-state index in [4.69, 9.17) is 14.7 Å². The number of anilines is 1. The van der Waals surface area contributed by atoms with Crippen LogP contribution in [0.1, 0.15) is 35.7 Å². The molecule has 1 aromatic heterocycles. The van der Waals surface area contributed by atoms with E-state index < -0.39 is 23.5 Å². The number of benzene rings is 1. The van der Waals surface area contributed by atoms with E-state index in [1.54, 1.807) is 38.1 Å². The van der Waals surface area contributed by atoms with Crippen molar-refractivity contribution in [2.45, 2.75) is 39.7 Å². The summed E-state index contributed by atoms with van der Waals surface area (Å²) in [4.78, 5) is 38.9. The van der Waals surface area contributed by atoms with Gasteiger partial charge in [-0.05, 0) is 50.5 Å². The van der Waals surface area contributed by atoms with Gasteiger partial charge in [0.25, 0.3) is 11.5 Å². The maximum absolute atomic E-state index is 12.3. The Kier molecular flexibility index (Phi) is 7.15. The lowest BCUT2D eigenvalue weighted by molar-refractivity contribution is -0.153. The van der Waals surface area contributed by atoms with Crippen LogP contribution in [0.15, 0.2) is 29.1 Å². The van der Waals surface area contributed by atoms with Crippen LogP contribution in [0.25, 0.3) is 0 Å². The molecule has 0 aliphatic rings. The minimum atomic E-state index is -1.00. The molecule has 8 nitrogen and oxygen atoms in total. The smallest absolute Gasteiger partial charge is 0.306 e. The van der Waals surface area contributed by atoms with Crippen LogP contribution in [0.2, 0.25) is 0 Å². The molecule has 29 heavy (non-hydrogen) atoms. The number of methoxy groups -OCH3 is 1. The molecule has 2 N–H and O–H groups in total. The molecule has 0 saturated carbocycles. The predicted octanol–water partition coefficient (Wildman–Crippen LogP) is 2.38. The fourth-order valence-corrected chi connectivity index (χ4v) is 2.94. The summed E-state index contributed by atoms with van der Waals surface area (Å²) in [6.07, 6.45) is -0.715. The zero-order valence-electron chi connectivity index (χ0n) is 16.8. The number of nitrogens with zero attached hydrogens (tertiary/aromatic N) is 1. The molecule has 152 valence electrons. The predicted molar refractivity (Wildman–Crippen MR) is 107 cm³/mol. The van der Waals surface area contributed by atoms with Gasteiger partial charge in [0.05, 0.1) is 12.8 Å². The summed E-state index contributed by atoms with van der Waals surface area (Å²) in [5, 5.41) is 11.8. The number of pyridine rings is 1. The number of carbonyl (C=O) groups is 2. The van der Waals surface area contributed by atoms with Crippen LogP contribution in [0.4, 0.5) is 5.69 Å². The highest BCUT2D eigenvalue weighted by Crippen LogP contribution is 2.23. The summed E-state index contributed by atoms with van der Waals surface area (Å²) >= 11 is 0. The Bertz CT molecular complexity index is 1020. The summed E-state index contributed by atoms with van der Waals surface area (Å²) in [5.74, 6) is -0.543. The number of esters is 1. The number of nitrogens with one attached hydrogen (secondary N) is 2. The first-order valence-electron chi connectivity index (χ1n) is 9.04. The number of hydrogen-bond donors (Lipinski definition) is 2. The SMILES string of the molecule is COc1ccccc1NC(=O)[C@@H](C)OC(=O)CCc1c(C)[nH]c(=O)c(C#N)c1C. The first-order chi connectivity index (χ1) is 13.8. The van der Waals surface area contributed by atoms with Gasteiger partial charge < -0.3 is 19.8 Å². The van der Waals surface area contributed by atoms with Gasteiger partial charge in [0, 0.05) is 12.1 Å². The molecule has 2 aromatic rings. The maximum Gasteiger partial charge on any atom is 0.306 e. The number of H-pyrrole nitrogens is 1. The van der Waals surface area contributed by atoms with Gasteiger partial charge in [-0.25, -0.2) is 0 Å². The molecule has 0 unspecified atom stereocenters. The van der Waals surface area contributed by atoms with Crippen molar-refractivity contribution in [1.29, 1.82) is 5.26 Å². The fourth-order valence-electron chi connectivity index (χ4n) is 2.94. The Morgan fingerprint density at radius 3 is 2.62 bits per heavy atom. The molecule has 8 heteroatoms. The van der Waals surface area contributed by atoms with Crippen LogP contribution in [-0.2, 0) is 20.7 Å². The Balaban J connectivity index is 1.98. The number of aromatic nitrogens is 1. The molecule has 1 heterocycles. The highest BCUT2D eigenvalue weighted by Gasteiger charge is 2.20. The number of amides is 1. The van der Waals surface area contributed by atoms with Crippen LogP contribution >= 0.6 is 0 Å². The van der Waals surface area contributed by atoms with E-state index in [2.05, 4.69) is 10.3 Å². The number of aromatic amines is 1. The molecule has 0 aliphatic heterocycles. The van der Waals surface area contributed by atoms with E-state index in [0.29, 0.717) is 28.3 Å². The van der Waals surface area contributed by atoms with Crippen LogP contribution in [0, 0.1) is 25.2 Å². The lowest BCUT2D eigenvalue weighted by atomic mass is 9.99. The summed E-state index contributed by atoms with van der Waals surface area (Å²) in [5.41, 5.74) is 1.92. The second-order valence-electron chi connectivity index (χ2n) is 6.49. The summed E-state index contributed by atoms with van der Waals surface area (Å²) in [6, 6.07) is 8.78. The molecule has 0 bridgehead atoms. The van der Waals surface area contributed by atoms with Crippen LogP contribution < -0.4 is 15.6 Å². The molecule has 2 rings (SSSR count). The van der Waals surface area contributed by atoms with Crippen molar-refractivity contribution < 1.29 is 19.1 Å². The molecule has 0 aliphatic carbocycles. The summed E-state index contributed by atoms with van der Waals surface area (Å²) in [6.45, 7) is 4.86. The van der Waals surface area contributed by atoms with E-state index in [9.17, 15) is 14.4 Å². The highest BCUT2D eigenvalue weighted by molar-refractivity contribution is 5.96. The van der Waals surface area contributed by atoms with Crippen LogP contribution in [-0.4, -0.2) is 30.1 Å². The lowest BCUT2D eigenvalue weighted by Gasteiger charge is -2.15. The topological polar surface area (TPSA) is 121 Å². The highest BCUT2D eigenvalue weighted by atomic mass is 16.5. The van der Waals surface area contributed by atoms with E-state index >= 15 is 0 Å². The average Bonchev–Trinajstić information content (AvgIpc) is 2.68. The van der Waals surface area contributed by atoms with Gasteiger partial charge >= 0.3 is 5.97 Å². The Morgan fingerprint density at radius 2 is 1.97 bits per heavy atom. The fraction of sp³-hybridized carbons (Fsp3) is 0.333. The third-order valence-electron chi connectivity index (χ3n) is 4.54. The van der Waals surface area contributed by atoms with Crippen molar-refractivity contribution in [3.63, 3.8) is 0 Å². The molecule has 0 radical (unpaired) electrons. The molecule has 1 aromatic carbocycles. The third kappa shape index (κ3) is 5.23. The van der Waals surface area contributed by atoms with Crippen molar-refractivity contribution in [3.8, 4) is 11.8 Å². The Morgan fingerprint density at radius 1 is 1.28 bits per heavy atom. The molecular formula is C21H23N3O5.